The van der Waals surface area contributed by atoms with Crippen LogP contribution in [0.25, 0.3) is 20.8 Å². The molecule has 0 saturated heterocycles. The fourth-order valence-corrected chi connectivity index (χ4v) is 5.53. The van der Waals surface area contributed by atoms with Gasteiger partial charge in [-0.2, -0.15) is 4.98 Å². The normalized spacial score (nSPS) is 23.8. The predicted molar refractivity (Wildman–Crippen MR) is 122 cm³/mol. The lowest BCUT2D eigenvalue weighted by Gasteiger charge is -2.27. The number of anilines is 2. The number of hydrogen-bond acceptors (Lipinski definition) is 9. The highest BCUT2D eigenvalue weighted by Gasteiger charge is 2.35. The van der Waals surface area contributed by atoms with Gasteiger partial charge in [0.1, 0.15) is 16.3 Å². The number of aliphatic hydroxyl groups is 2. The van der Waals surface area contributed by atoms with E-state index in [2.05, 4.69) is 15.6 Å². The van der Waals surface area contributed by atoms with Crippen molar-refractivity contribution in [2.75, 3.05) is 17.2 Å². The number of thiazole rings is 1. The Morgan fingerprint density at radius 1 is 1.06 bits per heavy atom. The molecule has 3 heterocycles. The van der Waals surface area contributed by atoms with Crippen molar-refractivity contribution in [2.45, 2.75) is 64.1 Å². The average molecular weight is 441 g/mol. The standard InChI is InChI=1S/C22H28N6O2S/c1-11-17(21-27-18-12(2)23-9-8-16(18)31-21)20(26-15-7-6-13(10-29)19(15)30)28-22(24-11)25-14-4-3-5-14/h8-9,13-15,19,29-30H,3-7,10H2,1-2H3,(H2,24,25,26,28). The van der Waals surface area contributed by atoms with Gasteiger partial charge >= 0.3 is 0 Å². The molecule has 9 heteroatoms. The second-order valence-electron chi connectivity index (χ2n) is 8.65. The molecule has 3 aromatic heterocycles. The van der Waals surface area contributed by atoms with Crippen LogP contribution in [0.2, 0.25) is 0 Å². The number of fused-ring (bicyclic) bond motifs is 1. The second-order valence-corrected chi connectivity index (χ2v) is 9.68. The van der Waals surface area contributed by atoms with Gasteiger partial charge < -0.3 is 20.8 Å². The van der Waals surface area contributed by atoms with E-state index in [1.807, 2.05) is 19.9 Å². The van der Waals surface area contributed by atoms with Crippen molar-refractivity contribution in [1.82, 2.24) is 19.9 Å². The Morgan fingerprint density at radius 2 is 1.90 bits per heavy atom. The third-order valence-corrected chi connectivity index (χ3v) is 7.57. The molecule has 0 aromatic carbocycles. The number of rotatable bonds is 6. The summed E-state index contributed by atoms with van der Waals surface area (Å²) in [7, 11) is 0. The van der Waals surface area contributed by atoms with Gasteiger partial charge in [0.2, 0.25) is 5.95 Å². The van der Waals surface area contributed by atoms with Crippen LogP contribution in [0.1, 0.15) is 43.5 Å². The lowest BCUT2D eigenvalue weighted by atomic mass is 9.93. The fraction of sp³-hybridized carbons (Fsp3) is 0.545. The zero-order valence-corrected chi connectivity index (χ0v) is 18.6. The van der Waals surface area contributed by atoms with E-state index in [1.165, 1.54) is 6.42 Å². The van der Waals surface area contributed by atoms with Crippen molar-refractivity contribution < 1.29 is 10.2 Å². The minimum Gasteiger partial charge on any atom is -0.396 e. The molecule has 0 spiro atoms. The maximum Gasteiger partial charge on any atom is 0.225 e. The summed E-state index contributed by atoms with van der Waals surface area (Å²) in [6.07, 6.45) is 6.26. The first-order valence-corrected chi connectivity index (χ1v) is 11.8. The molecular formula is C22H28N6O2S. The third-order valence-electron chi connectivity index (χ3n) is 6.53. The molecule has 8 nitrogen and oxygen atoms in total. The molecule has 2 fully saturated rings. The van der Waals surface area contributed by atoms with Gasteiger partial charge in [0.15, 0.2) is 0 Å². The molecular weight excluding hydrogens is 412 g/mol. The highest BCUT2D eigenvalue weighted by Crippen LogP contribution is 2.38. The van der Waals surface area contributed by atoms with E-state index in [-0.39, 0.29) is 18.6 Å². The molecule has 2 aliphatic carbocycles. The van der Waals surface area contributed by atoms with E-state index in [0.717, 1.165) is 57.9 Å². The van der Waals surface area contributed by atoms with Crippen molar-refractivity contribution in [3.05, 3.63) is 23.7 Å². The highest BCUT2D eigenvalue weighted by atomic mass is 32.1. The Labute approximate surface area is 185 Å². The smallest absolute Gasteiger partial charge is 0.225 e. The van der Waals surface area contributed by atoms with Crippen LogP contribution in [0.15, 0.2) is 12.3 Å². The van der Waals surface area contributed by atoms with Gasteiger partial charge in [0.25, 0.3) is 0 Å². The van der Waals surface area contributed by atoms with Crippen LogP contribution in [-0.2, 0) is 0 Å². The number of aromatic nitrogens is 4. The van der Waals surface area contributed by atoms with Crippen molar-refractivity contribution in [3.8, 4) is 10.6 Å². The van der Waals surface area contributed by atoms with Crippen LogP contribution in [0.5, 0.6) is 0 Å². The number of aryl methyl sites for hydroxylation is 2. The summed E-state index contributed by atoms with van der Waals surface area (Å²) in [6, 6.07) is 2.23. The molecule has 3 aromatic rings. The largest absolute Gasteiger partial charge is 0.396 e. The Morgan fingerprint density at radius 3 is 2.58 bits per heavy atom. The molecule has 2 aliphatic rings. The van der Waals surface area contributed by atoms with Gasteiger partial charge in [-0.3, -0.25) is 4.98 Å². The van der Waals surface area contributed by atoms with E-state index in [9.17, 15) is 10.2 Å². The molecule has 0 amide bonds. The fourth-order valence-electron chi connectivity index (χ4n) is 4.42. The minimum atomic E-state index is -0.613. The van der Waals surface area contributed by atoms with Crippen molar-refractivity contribution >= 4 is 33.3 Å². The van der Waals surface area contributed by atoms with Crippen LogP contribution in [-0.4, -0.2) is 54.9 Å². The van der Waals surface area contributed by atoms with Gasteiger partial charge in [-0.15, -0.1) is 11.3 Å². The van der Waals surface area contributed by atoms with Gasteiger partial charge in [-0.05, 0) is 52.0 Å². The van der Waals surface area contributed by atoms with Crippen LogP contribution >= 0.6 is 11.3 Å². The first-order valence-electron chi connectivity index (χ1n) is 11.0. The summed E-state index contributed by atoms with van der Waals surface area (Å²) in [6.45, 7) is 3.93. The van der Waals surface area contributed by atoms with Crippen LogP contribution < -0.4 is 10.6 Å². The summed E-state index contributed by atoms with van der Waals surface area (Å²) in [4.78, 5) is 18.8. The molecule has 31 heavy (non-hydrogen) atoms. The van der Waals surface area contributed by atoms with Crippen LogP contribution in [0.3, 0.4) is 0 Å². The average Bonchev–Trinajstić information content (AvgIpc) is 3.29. The molecule has 5 rings (SSSR count). The molecule has 3 atom stereocenters. The summed E-state index contributed by atoms with van der Waals surface area (Å²) >= 11 is 1.60. The Kier molecular flexibility index (Phi) is 5.49. The number of hydrogen-bond donors (Lipinski definition) is 4. The number of nitrogens with one attached hydrogen (secondary N) is 2. The number of pyridine rings is 1. The number of nitrogens with zero attached hydrogens (tertiary/aromatic N) is 4. The predicted octanol–water partition coefficient (Wildman–Crippen LogP) is 3.27. The van der Waals surface area contributed by atoms with Crippen molar-refractivity contribution in [3.63, 3.8) is 0 Å². The minimum absolute atomic E-state index is 0.00631. The number of aliphatic hydroxyl groups excluding tert-OH is 2. The summed E-state index contributed by atoms with van der Waals surface area (Å²) in [5, 5.41) is 27.9. The van der Waals surface area contributed by atoms with Gasteiger partial charge in [-0.1, -0.05) is 0 Å². The Balaban J connectivity index is 1.55. The molecule has 2 saturated carbocycles. The van der Waals surface area contributed by atoms with E-state index in [0.29, 0.717) is 17.8 Å². The third kappa shape index (κ3) is 3.86. The van der Waals surface area contributed by atoms with Crippen LogP contribution in [0, 0.1) is 19.8 Å². The maximum atomic E-state index is 10.7. The van der Waals surface area contributed by atoms with E-state index in [4.69, 9.17) is 15.0 Å². The van der Waals surface area contributed by atoms with Crippen molar-refractivity contribution in [2.24, 2.45) is 5.92 Å². The summed E-state index contributed by atoms with van der Waals surface area (Å²) in [5.74, 6) is 1.19. The molecule has 4 N–H and O–H groups in total. The topological polar surface area (TPSA) is 116 Å². The van der Waals surface area contributed by atoms with Crippen LogP contribution in [0.4, 0.5) is 11.8 Å². The molecule has 0 radical (unpaired) electrons. The SMILES string of the molecule is Cc1nc(NC2CCC2)nc(NC2CCC(CO)C2O)c1-c1nc2c(C)nccc2s1. The van der Waals surface area contributed by atoms with Gasteiger partial charge in [0, 0.05) is 24.8 Å². The first-order chi connectivity index (χ1) is 15.0. The molecule has 164 valence electrons. The highest BCUT2D eigenvalue weighted by molar-refractivity contribution is 7.21. The van der Waals surface area contributed by atoms with E-state index < -0.39 is 6.10 Å². The van der Waals surface area contributed by atoms with E-state index >= 15 is 0 Å². The maximum absolute atomic E-state index is 10.7. The molecule has 3 unspecified atom stereocenters. The Hall–Kier alpha value is -2.36. The summed E-state index contributed by atoms with van der Waals surface area (Å²) in [5.41, 5.74) is 3.49. The lowest BCUT2D eigenvalue weighted by molar-refractivity contribution is 0.0846. The Bertz CT molecular complexity index is 1100. The van der Waals surface area contributed by atoms with Gasteiger partial charge in [-0.25, -0.2) is 9.97 Å². The zero-order valence-electron chi connectivity index (χ0n) is 17.8. The van der Waals surface area contributed by atoms with Gasteiger partial charge in [0.05, 0.1) is 33.8 Å². The monoisotopic (exact) mass is 440 g/mol. The molecule has 0 bridgehead atoms. The second kappa shape index (κ2) is 8.29. The quantitative estimate of drug-likeness (QED) is 0.462. The summed E-state index contributed by atoms with van der Waals surface area (Å²) < 4.78 is 1.07. The molecule has 0 aliphatic heterocycles. The lowest BCUT2D eigenvalue weighted by Crippen LogP contribution is -2.34. The zero-order chi connectivity index (χ0) is 21.5. The van der Waals surface area contributed by atoms with Crippen molar-refractivity contribution in [1.29, 1.82) is 0 Å². The first kappa shape index (κ1) is 20.5. The van der Waals surface area contributed by atoms with E-state index in [1.54, 1.807) is 17.5 Å².